The molecule has 100 valence electrons. The van der Waals surface area contributed by atoms with Gasteiger partial charge >= 0.3 is 0 Å². The first-order chi connectivity index (χ1) is 8.70. The van der Waals surface area contributed by atoms with Crippen LogP contribution in [0.15, 0.2) is 21.2 Å². The van der Waals surface area contributed by atoms with Gasteiger partial charge in [-0.25, -0.2) is 0 Å². The third-order valence-electron chi connectivity index (χ3n) is 4.68. The SMILES string of the molecule is CCC1C2CNCC2CN1C(C)c1ccc(Br)o1. The molecule has 2 saturated heterocycles. The van der Waals surface area contributed by atoms with Gasteiger partial charge in [-0.1, -0.05) is 6.92 Å². The lowest BCUT2D eigenvalue weighted by atomic mass is 9.92. The minimum absolute atomic E-state index is 0.381. The summed E-state index contributed by atoms with van der Waals surface area (Å²) in [6, 6.07) is 5.16. The highest BCUT2D eigenvalue weighted by molar-refractivity contribution is 9.10. The zero-order chi connectivity index (χ0) is 12.7. The lowest BCUT2D eigenvalue weighted by Crippen LogP contribution is -2.36. The third-order valence-corrected chi connectivity index (χ3v) is 5.11. The number of furan rings is 1. The van der Waals surface area contributed by atoms with Gasteiger partial charge in [0, 0.05) is 12.6 Å². The van der Waals surface area contributed by atoms with E-state index in [1.165, 1.54) is 26.1 Å². The van der Waals surface area contributed by atoms with Crippen LogP contribution in [0.1, 0.15) is 32.1 Å². The number of likely N-dealkylation sites (tertiary alicyclic amines) is 1. The van der Waals surface area contributed by atoms with Crippen molar-refractivity contribution in [2.24, 2.45) is 11.8 Å². The van der Waals surface area contributed by atoms with E-state index in [0.717, 1.165) is 22.3 Å². The van der Waals surface area contributed by atoms with Gasteiger partial charge in [0.2, 0.25) is 0 Å². The molecule has 3 nitrogen and oxygen atoms in total. The topological polar surface area (TPSA) is 28.4 Å². The first-order valence-electron chi connectivity index (χ1n) is 6.92. The molecule has 2 aliphatic rings. The standard InChI is InChI=1S/C14H21BrN2O/c1-3-12-11-7-16-6-10(11)8-17(12)9(2)13-4-5-14(15)18-13/h4-5,9-12,16H,3,6-8H2,1-2H3. The number of rotatable bonds is 3. The average Bonchev–Trinajstić information content (AvgIpc) is 3.01. The molecule has 1 N–H and O–H groups in total. The number of nitrogens with one attached hydrogen (secondary N) is 1. The molecule has 0 radical (unpaired) electrons. The molecular formula is C14H21BrN2O. The second kappa shape index (κ2) is 4.99. The highest BCUT2D eigenvalue weighted by Crippen LogP contribution is 2.39. The van der Waals surface area contributed by atoms with Crippen LogP contribution in [0.25, 0.3) is 0 Å². The Morgan fingerprint density at radius 1 is 1.50 bits per heavy atom. The van der Waals surface area contributed by atoms with Crippen molar-refractivity contribution in [3.05, 3.63) is 22.6 Å². The average molecular weight is 313 g/mol. The summed E-state index contributed by atoms with van der Waals surface area (Å²) in [5, 5.41) is 3.53. The lowest BCUT2D eigenvalue weighted by molar-refractivity contribution is 0.148. The van der Waals surface area contributed by atoms with E-state index >= 15 is 0 Å². The summed E-state index contributed by atoms with van der Waals surface area (Å²) >= 11 is 3.39. The summed E-state index contributed by atoms with van der Waals surface area (Å²) in [7, 11) is 0. The largest absolute Gasteiger partial charge is 0.453 e. The lowest BCUT2D eigenvalue weighted by Gasteiger charge is -2.31. The van der Waals surface area contributed by atoms with Crippen LogP contribution in [0.3, 0.4) is 0 Å². The van der Waals surface area contributed by atoms with Crippen LogP contribution in [0.4, 0.5) is 0 Å². The maximum atomic E-state index is 5.73. The van der Waals surface area contributed by atoms with Crippen molar-refractivity contribution in [3.8, 4) is 0 Å². The van der Waals surface area contributed by atoms with Crippen molar-refractivity contribution in [3.63, 3.8) is 0 Å². The zero-order valence-electron chi connectivity index (χ0n) is 11.0. The van der Waals surface area contributed by atoms with Crippen LogP contribution in [0, 0.1) is 11.8 Å². The monoisotopic (exact) mass is 312 g/mol. The highest BCUT2D eigenvalue weighted by Gasteiger charge is 2.45. The van der Waals surface area contributed by atoms with Gasteiger partial charge in [0.1, 0.15) is 5.76 Å². The molecule has 0 aromatic carbocycles. The fourth-order valence-corrected chi connectivity index (χ4v) is 4.07. The van der Waals surface area contributed by atoms with E-state index < -0.39 is 0 Å². The minimum atomic E-state index is 0.381. The Morgan fingerprint density at radius 2 is 2.33 bits per heavy atom. The van der Waals surface area contributed by atoms with E-state index in [-0.39, 0.29) is 0 Å². The normalized spacial score (nSPS) is 33.8. The highest BCUT2D eigenvalue weighted by atomic mass is 79.9. The molecule has 1 aromatic heterocycles. The van der Waals surface area contributed by atoms with Gasteiger partial charge in [-0.2, -0.15) is 0 Å². The quantitative estimate of drug-likeness (QED) is 0.930. The molecule has 0 bridgehead atoms. The molecule has 2 fully saturated rings. The van der Waals surface area contributed by atoms with Gasteiger partial charge in [0.25, 0.3) is 0 Å². The molecule has 18 heavy (non-hydrogen) atoms. The number of hydrogen-bond donors (Lipinski definition) is 1. The van der Waals surface area contributed by atoms with Crippen molar-refractivity contribution in [1.82, 2.24) is 10.2 Å². The number of halogens is 1. The van der Waals surface area contributed by atoms with Crippen LogP contribution in [0.5, 0.6) is 0 Å². The second-order valence-corrected chi connectivity index (χ2v) is 6.35. The van der Waals surface area contributed by atoms with Crippen molar-refractivity contribution >= 4 is 15.9 Å². The summed E-state index contributed by atoms with van der Waals surface area (Å²) in [5.41, 5.74) is 0. The van der Waals surface area contributed by atoms with E-state index in [9.17, 15) is 0 Å². The zero-order valence-corrected chi connectivity index (χ0v) is 12.6. The third kappa shape index (κ3) is 2.04. The summed E-state index contributed by atoms with van der Waals surface area (Å²) in [6.45, 7) is 8.15. The van der Waals surface area contributed by atoms with E-state index in [0.29, 0.717) is 12.1 Å². The first-order valence-corrected chi connectivity index (χ1v) is 7.71. The molecule has 3 rings (SSSR count). The predicted molar refractivity (Wildman–Crippen MR) is 75.5 cm³/mol. The number of nitrogens with zero attached hydrogens (tertiary/aromatic N) is 1. The van der Waals surface area contributed by atoms with E-state index in [1.54, 1.807) is 0 Å². The first kappa shape index (κ1) is 12.7. The molecule has 0 saturated carbocycles. The van der Waals surface area contributed by atoms with Crippen LogP contribution in [-0.2, 0) is 0 Å². The smallest absolute Gasteiger partial charge is 0.169 e. The van der Waals surface area contributed by atoms with Crippen molar-refractivity contribution in [2.75, 3.05) is 19.6 Å². The summed E-state index contributed by atoms with van der Waals surface area (Å²) < 4.78 is 6.56. The van der Waals surface area contributed by atoms with E-state index in [2.05, 4.69) is 46.1 Å². The van der Waals surface area contributed by atoms with Gasteiger partial charge in [-0.15, -0.1) is 0 Å². The van der Waals surface area contributed by atoms with Gasteiger partial charge in [0.05, 0.1) is 6.04 Å². The molecule has 3 heterocycles. The Hall–Kier alpha value is -0.320. The van der Waals surface area contributed by atoms with Crippen LogP contribution >= 0.6 is 15.9 Å². The summed E-state index contributed by atoms with van der Waals surface area (Å²) in [6.07, 6.45) is 1.23. The minimum Gasteiger partial charge on any atom is -0.453 e. The molecule has 4 atom stereocenters. The van der Waals surface area contributed by atoms with Gasteiger partial charge < -0.3 is 9.73 Å². The molecular weight excluding hydrogens is 292 g/mol. The molecule has 1 aromatic rings. The number of hydrogen-bond acceptors (Lipinski definition) is 3. The van der Waals surface area contributed by atoms with Crippen molar-refractivity contribution in [2.45, 2.75) is 32.4 Å². The second-order valence-electron chi connectivity index (χ2n) is 5.57. The van der Waals surface area contributed by atoms with E-state index in [4.69, 9.17) is 4.42 Å². The van der Waals surface area contributed by atoms with Crippen molar-refractivity contribution < 1.29 is 4.42 Å². The molecule has 0 spiro atoms. The Morgan fingerprint density at radius 3 is 3.00 bits per heavy atom. The van der Waals surface area contributed by atoms with Gasteiger partial charge in [-0.05, 0) is 66.3 Å². The number of fused-ring (bicyclic) bond motifs is 1. The van der Waals surface area contributed by atoms with E-state index in [1.807, 2.05) is 6.07 Å². The van der Waals surface area contributed by atoms with Crippen LogP contribution < -0.4 is 5.32 Å². The fourth-order valence-electron chi connectivity index (χ4n) is 3.75. The molecule has 0 aliphatic carbocycles. The molecule has 2 aliphatic heterocycles. The van der Waals surface area contributed by atoms with Gasteiger partial charge in [0.15, 0.2) is 4.67 Å². The Bertz CT molecular complexity index is 420. The molecule has 4 unspecified atom stereocenters. The maximum absolute atomic E-state index is 5.73. The fraction of sp³-hybridized carbons (Fsp3) is 0.714. The summed E-state index contributed by atoms with van der Waals surface area (Å²) in [5.74, 6) is 2.74. The summed E-state index contributed by atoms with van der Waals surface area (Å²) in [4.78, 5) is 2.64. The van der Waals surface area contributed by atoms with Gasteiger partial charge in [-0.3, -0.25) is 4.90 Å². The Balaban J connectivity index is 1.79. The molecule has 0 amide bonds. The van der Waals surface area contributed by atoms with Crippen molar-refractivity contribution in [1.29, 1.82) is 0 Å². The Kier molecular flexibility index (Phi) is 3.52. The Labute approximate surface area is 117 Å². The maximum Gasteiger partial charge on any atom is 0.169 e. The predicted octanol–water partition coefficient (Wildman–Crippen LogP) is 3.03. The van der Waals surface area contributed by atoms with Crippen LogP contribution in [0.2, 0.25) is 0 Å². The van der Waals surface area contributed by atoms with Crippen LogP contribution in [-0.4, -0.2) is 30.6 Å². The molecule has 4 heteroatoms.